The molecule has 0 aliphatic heterocycles. The molecular formula is C9H9F3N2. The predicted octanol–water partition coefficient (Wildman–Crippen LogP) is 1.46. The first-order valence-corrected chi connectivity index (χ1v) is 4.22. The van der Waals surface area contributed by atoms with Gasteiger partial charge in [0.05, 0.1) is 11.1 Å². The molecule has 1 aliphatic rings. The van der Waals surface area contributed by atoms with Crippen LogP contribution in [0.1, 0.15) is 12.1 Å². The van der Waals surface area contributed by atoms with Crippen molar-refractivity contribution in [2.45, 2.75) is 17.8 Å². The zero-order chi connectivity index (χ0) is 10.4. The van der Waals surface area contributed by atoms with Crippen LogP contribution >= 0.6 is 0 Å². The van der Waals surface area contributed by atoms with Gasteiger partial charge in [-0.25, -0.2) is 13.2 Å². The van der Waals surface area contributed by atoms with Gasteiger partial charge in [0.15, 0.2) is 0 Å². The van der Waals surface area contributed by atoms with E-state index < -0.39 is 17.2 Å². The summed E-state index contributed by atoms with van der Waals surface area (Å²) in [4.78, 5) is 3.74. The van der Waals surface area contributed by atoms with E-state index in [2.05, 4.69) is 4.98 Å². The lowest BCUT2D eigenvalue weighted by molar-refractivity contribution is 0.0885. The van der Waals surface area contributed by atoms with E-state index in [-0.39, 0.29) is 18.7 Å². The number of nitrogens with zero attached hydrogens (tertiary/aromatic N) is 1. The maximum absolute atomic E-state index is 13.0. The van der Waals surface area contributed by atoms with Crippen LogP contribution in [-0.2, 0) is 5.41 Å². The third kappa shape index (κ3) is 1.12. The van der Waals surface area contributed by atoms with E-state index in [0.717, 1.165) is 12.1 Å². The summed E-state index contributed by atoms with van der Waals surface area (Å²) in [5, 5.41) is 0. The van der Waals surface area contributed by atoms with E-state index in [1.54, 1.807) is 0 Å². The molecule has 5 heteroatoms. The fourth-order valence-corrected chi connectivity index (χ4v) is 1.61. The molecule has 1 heterocycles. The van der Waals surface area contributed by atoms with Gasteiger partial charge in [-0.2, -0.15) is 0 Å². The standard InChI is InChI=1S/C9H9F3N2/c10-6-1-2-14-7(3-6)8(5-13)4-9(8,11)12/h1-3H,4-5,13H2. The van der Waals surface area contributed by atoms with Crippen molar-refractivity contribution >= 4 is 0 Å². The van der Waals surface area contributed by atoms with Crippen molar-refractivity contribution in [3.05, 3.63) is 29.8 Å². The van der Waals surface area contributed by atoms with E-state index in [0.29, 0.717) is 0 Å². The lowest BCUT2D eigenvalue weighted by Gasteiger charge is -2.12. The van der Waals surface area contributed by atoms with Crippen LogP contribution in [0.15, 0.2) is 18.3 Å². The Hall–Kier alpha value is -1.10. The number of alkyl halides is 2. The summed E-state index contributed by atoms with van der Waals surface area (Å²) in [6.45, 7) is -0.212. The quantitative estimate of drug-likeness (QED) is 0.788. The summed E-state index contributed by atoms with van der Waals surface area (Å²) in [7, 11) is 0. The minimum absolute atomic E-state index is 0.0463. The summed E-state index contributed by atoms with van der Waals surface area (Å²) in [6, 6.07) is 2.14. The molecule has 1 aromatic rings. The largest absolute Gasteiger partial charge is 0.329 e. The monoisotopic (exact) mass is 202 g/mol. The van der Waals surface area contributed by atoms with Gasteiger partial charge in [-0.15, -0.1) is 0 Å². The number of aromatic nitrogens is 1. The highest BCUT2D eigenvalue weighted by molar-refractivity contribution is 5.33. The molecule has 1 saturated carbocycles. The average Bonchev–Trinajstić information content (AvgIpc) is 2.70. The summed E-state index contributed by atoms with van der Waals surface area (Å²) < 4.78 is 38.8. The predicted molar refractivity (Wildman–Crippen MR) is 44.5 cm³/mol. The summed E-state index contributed by atoms with van der Waals surface area (Å²) in [5.74, 6) is -3.41. The fourth-order valence-electron chi connectivity index (χ4n) is 1.61. The number of hydrogen-bond donors (Lipinski definition) is 1. The van der Waals surface area contributed by atoms with Crippen molar-refractivity contribution in [2.75, 3.05) is 6.54 Å². The fraction of sp³-hybridized carbons (Fsp3) is 0.444. The lowest BCUT2D eigenvalue weighted by Crippen LogP contribution is -2.27. The van der Waals surface area contributed by atoms with Gasteiger partial charge in [-0.3, -0.25) is 4.98 Å². The van der Waals surface area contributed by atoms with E-state index in [1.807, 2.05) is 0 Å². The Kier molecular flexibility index (Phi) is 1.82. The highest BCUT2D eigenvalue weighted by Crippen LogP contribution is 2.60. The van der Waals surface area contributed by atoms with Crippen LogP contribution in [0.4, 0.5) is 13.2 Å². The van der Waals surface area contributed by atoms with Crippen molar-refractivity contribution in [3.8, 4) is 0 Å². The Morgan fingerprint density at radius 2 is 2.14 bits per heavy atom. The molecule has 0 spiro atoms. The van der Waals surface area contributed by atoms with Crippen LogP contribution in [-0.4, -0.2) is 17.5 Å². The van der Waals surface area contributed by atoms with Gasteiger partial charge in [-0.05, 0) is 12.1 Å². The summed E-state index contributed by atoms with van der Waals surface area (Å²) >= 11 is 0. The Morgan fingerprint density at radius 3 is 2.57 bits per heavy atom. The topological polar surface area (TPSA) is 38.9 Å². The number of pyridine rings is 1. The van der Waals surface area contributed by atoms with Gasteiger partial charge in [0, 0.05) is 19.2 Å². The smallest absolute Gasteiger partial charge is 0.261 e. The molecule has 76 valence electrons. The van der Waals surface area contributed by atoms with Crippen LogP contribution in [0.25, 0.3) is 0 Å². The molecular weight excluding hydrogens is 193 g/mol. The molecule has 14 heavy (non-hydrogen) atoms. The van der Waals surface area contributed by atoms with Crippen molar-refractivity contribution < 1.29 is 13.2 Å². The van der Waals surface area contributed by atoms with E-state index in [4.69, 9.17) is 5.73 Å². The number of rotatable bonds is 2. The van der Waals surface area contributed by atoms with Crippen molar-refractivity contribution in [2.24, 2.45) is 5.73 Å². The SMILES string of the molecule is NCC1(c2cc(F)ccn2)CC1(F)F. The third-order valence-corrected chi connectivity index (χ3v) is 2.66. The molecule has 0 amide bonds. The van der Waals surface area contributed by atoms with Crippen LogP contribution in [0.5, 0.6) is 0 Å². The number of hydrogen-bond acceptors (Lipinski definition) is 2. The van der Waals surface area contributed by atoms with Crippen molar-refractivity contribution in [3.63, 3.8) is 0 Å². The first kappa shape index (κ1) is 9.45. The zero-order valence-corrected chi connectivity index (χ0v) is 7.30. The van der Waals surface area contributed by atoms with Gasteiger partial charge in [-0.1, -0.05) is 0 Å². The molecule has 0 bridgehead atoms. The molecule has 2 nitrogen and oxygen atoms in total. The highest BCUT2D eigenvalue weighted by Gasteiger charge is 2.72. The molecule has 1 unspecified atom stereocenters. The van der Waals surface area contributed by atoms with E-state index in [9.17, 15) is 13.2 Å². The second kappa shape index (κ2) is 2.70. The van der Waals surface area contributed by atoms with Crippen LogP contribution in [0.3, 0.4) is 0 Å². The summed E-state index contributed by atoms with van der Waals surface area (Å²) in [5.41, 5.74) is 3.89. The molecule has 1 aromatic heterocycles. The molecule has 1 atom stereocenters. The minimum Gasteiger partial charge on any atom is -0.329 e. The van der Waals surface area contributed by atoms with Crippen LogP contribution in [0.2, 0.25) is 0 Å². The zero-order valence-electron chi connectivity index (χ0n) is 7.30. The number of halogens is 3. The van der Waals surface area contributed by atoms with Crippen LogP contribution < -0.4 is 5.73 Å². The molecule has 1 aliphatic carbocycles. The van der Waals surface area contributed by atoms with Crippen molar-refractivity contribution in [1.29, 1.82) is 0 Å². The van der Waals surface area contributed by atoms with Crippen molar-refractivity contribution in [1.82, 2.24) is 4.98 Å². The molecule has 2 N–H and O–H groups in total. The Labute approximate surface area is 78.9 Å². The normalized spacial score (nSPS) is 28.9. The second-order valence-corrected chi connectivity index (χ2v) is 3.53. The van der Waals surface area contributed by atoms with Gasteiger partial charge in [0.25, 0.3) is 5.92 Å². The lowest BCUT2D eigenvalue weighted by atomic mass is 10.0. The van der Waals surface area contributed by atoms with E-state index >= 15 is 0 Å². The first-order chi connectivity index (χ1) is 6.52. The van der Waals surface area contributed by atoms with E-state index in [1.165, 1.54) is 6.20 Å². The molecule has 1 fully saturated rings. The maximum atomic E-state index is 13.0. The Bertz CT molecular complexity index is 367. The summed E-state index contributed by atoms with van der Waals surface area (Å²) in [6.07, 6.45) is 0.837. The molecule has 0 aromatic carbocycles. The first-order valence-electron chi connectivity index (χ1n) is 4.22. The molecule has 2 rings (SSSR count). The average molecular weight is 202 g/mol. The Morgan fingerprint density at radius 1 is 1.50 bits per heavy atom. The number of nitrogens with two attached hydrogens (primary N) is 1. The van der Waals surface area contributed by atoms with Gasteiger partial charge >= 0.3 is 0 Å². The second-order valence-electron chi connectivity index (χ2n) is 3.53. The maximum Gasteiger partial charge on any atom is 0.261 e. The molecule has 0 radical (unpaired) electrons. The van der Waals surface area contributed by atoms with Gasteiger partial charge in [0.1, 0.15) is 5.82 Å². The molecule has 0 saturated heterocycles. The highest BCUT2D eigenvalue weighted by atomic mass is 19.3. The third-order valence-electron chi connectivity index (χ3n) is 2.66. The van der Waals surface area contributed by atoms with Gasteiger partial charge < -0.3 is 5.73 Å². The Balaban J connectivity index is 2.40. The minimum atomic E-state index is -2.84. The van der Waals surface area contributed by atoms with Gasteiger partial charge in [0.2, 0.25) is 0 Å². The van der Waals surface area contributed by atoms with Crippen LogP contribution in [0, 0.1) is 5.82 Å².